The second-order valence-electron chi connectivity index (χ2n) is 5.35. The van der Waals surface area contributed by atoms with Crippen molar-refractivity contribution in [2.75, 3.05) is 13.2 Å². The third-order valence-corrected chi connectivity index (χ3v) is 3.37. The minimum Gasteiger partial charge on any atom is -0.449 e. The Kier molecular flexibility index (Phi) is 3.79. The maximum absolute atomic E-state index is 11.3. The van der Waals surface area contributed by atoms with Crippen LogP contribution in [-0.4, -0.2) is 43.3 Å². The lowest BCUT2D eigenvalue weighted by Gasteiger charge is -2.22. The summed E-state index contributed by atoms with van der Waals surface area (Å²) in [5.74, 6) is -0.494. The van der Waals surface area contributed by atoms with E-state index in [1.807, 2.05) is 20.8 Å². The summed E-state index contributed by atoms with van der Waals surface area (Å²) in [4.78, 5) is 11.3. The van der Waals surface area contributed by atoms with E-state index in [9.17, 15) is 4.79 Å². The van der Waals surface area contributed by atoms with Crippen LogP contribution in [-0.2, 0) is 14.2 Å². The Labute approximate surface area is 107 Å². The fraction of sp³-hybridized carbons (Fsp3) is 0.917. The van der Waals surface area contributed by atoms with Gasteiger partial charge in [0.25, 0.3) is 0 Å². The van der Waals surface area contributed by atoms with Crippen molar-refractivity contribution < 1.29 is 19.0 Å². The predicted octanol–water partition coefficient (Wildman–Crippen LogP) is 0.600. The molecule has 0 bridgehead atoms. The molecule has 104 valence electrons. The van der Waals surface area contributed by atoms with Crippen molar-refractivity contribution in [2.24, 2.45) is 11.7 Å². The van der Waals surface area contributed by atoms with Crippen molar-refractivity contribution in [1.82, 2.24) is 5.32 Å². The first-order valence-electron chi connectivity index (χ1n) is 6.45. The zero-order chi connectivity index (χ0) is 13.3. The van der Waals surface area contributed by atoms with Crippen molar-refractivity contribution in [3.8, 4) is 0 Å². The second kappa shape index (κ2) is 5.03. The van der Waals surface area contributed by atoms with Gasteiger partial charge in [-0.25, -0.2) is 4.79 Å². The smallest absolute Gasteiger partial charge is 0.407 e. The number of alkyl carbamates (subject to hydrolysis) is 1. The van der Waals surface area contributed by atoms with Crippen molar-refractivity contribution in [3.63, 3.8) is 0 Å². The van der Waals surface area contributed by atoms with Crippen LogP contribution in [0.5, 0.6) is 0 Å². The highest BCUT2D eigenvalue weighted by Gasteiger charge is 2.53. The molecular weight excluding hydrogens is 236 g/mol. The molecule has 6 nitrogen and oxygen atoms in total. The Bertz CT molecular complexity index is 321. The maximum atomic E-state index is 11.3. The Morgan fingerprint density at radius 3 is 2.78 bits per heavy atom. The molecule has 2 rings (SSSR count). The second-order valence-corrected chi connectivity index (χ2v) is 5.35. The topological polar surface area (TPSA) is 82.8 Å². The van der Waals surface area contributed by atoms with Crippen LogP contribution in [0, 0.1) is 5.92 Å². The summed E-state index contributed by atoms with van der Waals surface area (Å²) in [5, 5.41) is 2.59. The lowest BCUT2D eigenvalue weighted by molar-refractivity contribution is -0.159. The van der Waals surface area contributed by atoms with Gasteiger partial charge < -0.3 is 25.3 Å². The van der Waals surface area contributed by atoms with Crippen LogP contribution in [0.15, 0.2) is 0 Å². The van der Waals surface area contributed by atoms with E-state index in [-0.39, 0.29) is 24.2 Å². The van der Waals surface area contributed by atoms with Gasteiger partial charge in [-0.3, -0.25) is 0 Å². The number of carbonyl (C=O) groups excluding carboxylic acids is 1. The molecule has 1 amide bonds. The lowest BCUT2D eigenvalue weighted by Crippen LogP contribution is -2.35. The zero-order valence-electron chi connectivity index (χ0n) is 11.1. The summed E-state index contributed by atoms with van der Waals surface area (Å²) in [6, 6.07) is -0.0559. The van der Waals surface area contributed by atoms with Gasteiger partial charge >= 0.3 is 6.09 Å². The number of amides is 1. The quantitative estimate of drug-likeness (QED) is 0.774. The Balaban J connectivity index is 1.89. The lowest BCUT2D eigenvalue weighted by atomic mass is 10.1. The van der Waals surface area contributed by atoms with Gasteiger partial charge in [0.1, 0.15) is 6.10 Å². The van der Waals surface area contributed by atoms with Gasteiger partial charge in [0.2, 0.25) is 0 Å². The van der Waals surface area contributed by atoms with Crippen LogP contribution in [0.2, 0.25) is 0 Å². The molecule has 1 aliphatic carbocycles. The van der Waals surface area contributed by atoms with Gasteiger partial charge in [-0.15, -0.1) is 0 Å². The standard InChI is InChI=1S/C12H22N2O4/c1-4-14-11(15)16-6-7-5-8(13)10-9(7)17-12(2,3)18-10/h7-10H,4-6,13H2,1-3H3,(H,14,15)/t7-,8-,9-,10+/m1/s1. The molecule has 6 heteroatoms. The van der Waals surface area contributed by atoms with Crippen molar-refractivity contribution in [1.29, 1.82) is 0 Å². The van der Waals surface area contributed by atoms with Gasteiger partial charge in [0.05, 0.1) is 12.7 Å². The third kappa shape index (κ3) is 2.76. The Morgan fingerprint density at radius 1 is 1.44 bits per heavy atom. The number of fused-ring (bicyclic) bond motifs is 1. The number of nitrogens with one attached hydrogen (secondary N) is 1. The first-order valence-corrected chi connectivity index (χ1v) is 6.45. The van der Waals surface area contributed by atoms with Gasteiger partial charge in [0, 0.05) is 18.5 Å². The van der Waals surface area contributed by atoms with E-state index in [1.165, 1.54) is 0 Å². The molecule has 2 fully saturated rings. The number of ether oxygens (including phenoxy) is 3. The summed E-state index contributed by atoms with van der Waals surface area (Å²) in [6.45, 7) is 6.47. The number of rotatable bonds is 3. The van der Waals surface area contributed by atoms with Crippen LogP contribution in [0.3, 0.4) is 0 Å². The molecule has 1 saturated heterocycles. The average Bonchev–Trinajstić information content (AvgIpc) is 2.72. The molecule has 0 aromatic heterocycles. The molecule has 1 aliphatic heterocycles. The van der Waals surface area contributed by atoms with Crippen LogP contribution < -0.4 is 11.1 Å². The van der Waals surface area contributed by atoms with Gasteiger partial charge in [-0.2, -0.15) is 0 Å². The monoisotopic (exact) mass is 258 g/mol. The molecular formula is C12H22N2O4. The van der Waals surface area contributed by atoms with Gasteiger partial charge in [0.15, 0.2) is 5.79 Å². The number of nitrogens with two attached hydrogens (primary N) is 1. The predicted molar refractivity (Wildman–Crippen MR) is 64.9 cm³/mol. The van der Waals surface area contributed by atoms with E-state index < -0.39 is 11.9 Å². The van der Waals surface area contributed by atoms with E-state index in [0.29, 0.717) is 13.2 Å². The van der Waals surface area contributed by atoms with Gasteiger partial charge in [-0.05, 0) is 27.2 Å². The van der Waals surface area contributed by atoms with E-state index in [2.05, 4.69) is 5.32 Å². The normalized spacial score (nSPS) is 37.3. The van der Waals surface area contributed by atoms with E-state index in [0.717, 1.165) is 6.42 Å². The maximum Gasteiger partial charge on any atom is 0.407 e. The van der Waals surface area contributed by atoms with Crippen LogP contribution in [0.25, 0.3) is 0 Å². The minimum atomic E-state index is -0.600. The number of hydrogen-bond donors (Lipinski definition) is 2. The Hall–Kier alpha value is -0.850. The highest BCUT2D eigenvalue weighted by atomic mass is 16.8. The van der Waals surface area contributed by atoms with Crippen molar-refractivity contribution >= 4 is 6.09 Å². The molecule has 18 heavy (non-hydrogen) atoms. The summed E-state index contributed by atoms with van der Waals surface area (Å²) in [6.07, 6.45) is 0.185. The summed E-state index contributed by atoms with van der Waals surface area (Å²) >= 11 is 0. The average molecular weight is 258 g/mol. The molecule has 0 aromatic rings. The van der Waals surface area contributed by atoms with Crippen molar-refractivity contribution in [2.45, 2.75) is 51.2 Å². The molecule has 4 atom stereocenters. The SMILES string of the molecule is CCNC(=O)OC[C@H]1C[C@@H](N)[C@@H]2OC(C)(C)O[C@H]12. The van der Waals surface area contributed by atoms with Crippen LogP contribution in [0.4, 0.5) is 4.79 Å². The van der Waals surface area contributed by atoms with E-state index in [1.54, 1.807) is 0 Å². The highest BCUT2D eigenvalue weighted by molar-refractivity contribution is 5.66. The summed E-state index contributed by atoms with van der Waals surface area (Å²) < 4.78 is 16.8. The van der Waals surface area contributed by atoms with Crippen molar-refractivity contribution in [3.05, 3.63) is 0 Å². The van der Waals surface area contributed by atoms with E-state index >= 15 is 0 Å². The van der Waals surface area contributed by atoms with Crippen LogP contribution in [0.1, 0.15) is 27.2 Å². The molecule has 0 spiro atoms. The molecule has 2 aliphatic rings. The first-order chi connectivity index (χ1) is 8.43. The molecule has 0 aromatic carbocycles. The fourth-order valence-corrected chi connectivity index (χ4v) is 2.67. The third-order valence-electron chi connectivity index (χ3n) is 3.37. The summed E-state index contributed by atoms with van der Waals surface area (Å²) in [5.41, 5.74) is 6.04. The molecule has 1 saturated carbocycles. The minimum absolute atomic E-state index is 0.0559. The number of carbonyl (C=O) groups is 1. The Morgan fingerprint density at radius 2 is 2.11 bits per heavy atom. The fourth-order valence-electron chi connectivity index (χ4n) is 2.67. The molecule has 0 unspecified atom stereocenters. The molecule has 3 N–H and O–H groups in total. The van der Waals surface area contributed by atoms with Crippen LogP contribution >= 0.6 is 0 Å². The zero-order valence-corrected chi connectivity index (χ0v) is 11.1. The highest BCUT2D eigenvalue weighted by Crippen LogP contribution is 2.40. The molecule has 1 heterocycles. The largest absolute Gasteiger partial charge is 0.449 e. The summed E-state index contributed by atoms with van der Waals surface area (Å²) in [7, 11) is 0. The van der Waals surface area contributed by atoms with Gasteiger partial charge in [-0.1, -0.05) is 0 Å². The number of hydrogen-bond acceptors (Lipinski definition) is 5. The molecule has 0 radical (unpaired) electrons. The van der Waals surface area contributed by atoms with E-state index in [4.69, 9.17) is 19.9 Å². The first kappa shape index (κ1) is 13.6.